The smallest absolute Gasteiger partial charge is 0.331 e. The van der Waals surface area contributed by atoms with Gasteiger partial charge < -0.3 is 15.7 Å². The van der Waals surface area contributed by atoms with Crippen LogP contribution in [0.1, 0.15) is 44.2 Å². The van der Waals surface area contributed by atoms with Crippen molar-refractivity contribution in [1.29, 1.82) is 0 Å². The van der Waals surface area contributed by atoms with Crippen molar-refractivity contribution in [2.75, 3.05) is 6.54 Å². The van der Waals surface area contributed by atoms with E-state index in [9.17, 15) is 14.7 Å². The lowest BCUT2D eigenvalue weighted by molar-refractivity contribution is -0.139. The van der Waals surface area contributed by atoms with E-state index >= 15 is 0 Å². The number of nitrogens with one attached hydrogen (secondary N) is 2. The third kappa shape index (κ3) is 6.04. The van der Waals surface area contributed by atoms with Crippen LogP contribution in [0.2, 0.25) is 5.02 Å². The van der Waals surface area contributed by atoms with Gasteiger partial charge in [0.15, 0.2) is 6.04 Å². The van der Waals surface area contributed by atoms with Crippen LogP contribution >= 0.6 is 11.6 Å². The Morgan fingerprint density at radius 1 is 1.24 bits per heavy atom. The van der Waals surface area contributed by atoms with E-state index in [2.05, 4.69) is 17.6 Å². The first-order valence-electron chi connectivity index (χ1n) is 7.07. The fourth-order valence-electron chi connectivity index (χ4n) is 1.92. The first kappa shape index (κ1) is 17.3. The number of benzene rings is 1. The van der Waals surface area contributed by atoms with Crippen molar-refractivity contribution in [2.24, 2.45) is 0 Å². The summed E-state index contributed by atoms with van der Waals surface area (Å²) in [5, 5.41) is 14.6. The predicted molar refractivity (Wildman–Crippen MR) is 82.5 cm³/mol. The van der Waals surface area contributed by atoms with Gasteiger partial charge in [-0.05, 0) is 12.5 Å². The summed E-state index contributed by atoms with van der Waals surface area (Å²) in [6.45, 7) is 2.64. The molecule has 0 aliphatic heterocycles. The second kappa shape index (κ2) is 9.23. The molecule has 3 N–H and O–H groups in total. The lowest BCUT2D eigenvalue weighted by Gasteiger charge is -2.16. The summed E-state index contributed by atoms with van der Waals surface area (Å²) in [6.07, 6.45) is 4.18. The van der Waals surface area contributed by atoms with Gasteiger partial charge in [-0.1, -0.05) is 56.0 Å². The number of hydrogen-bond donors (Lipinski definition) is 3. The highest BCUT2D eigenvalue weighted by molar-refractivity contribution is 6.31. The molecule has 1 atom stereocenters. The maximum Gasteiger partial charge on any atom is 0.331 e. The maximum atomic E-state index is 11.7. The Morgan fingerprint density at radius 3 is 2.57 bits per heavy atom. The van der Waals surface area contributed by atoms with Crippen LogP contribution in [-0.2, 0) is 4.79 Å². The first-order valence-corrected chi connectivity index (χ1v) is 7.45. The molecule has 116 valence electrons. The molecule has 1 aromatic rings. The third-order valence-electron chi connectivity index (χ3n) is 3.05. The SMILES string of the molecule is CCCCCCNC(=O)N[C@@H](C(=O)O)c1ccccc1Cl. The van der Waals surface area contributed by atoms with E-state index in [0.717, 1.165) is 25.7 Å². The molecule has 0 aromatic heterocycles. The fourth-order valence-corrected chi connectivity index (χ4v) is 2.16. The molecular formula is C15H21ClN2O3. The first-order chi connectivity index (χ1) is 10.1. The standard InChI is InChI=1S/C15H21ClN2O3/c1-2-3-4-7-10-17-15(21)18-13(14(19)20)11-8-5-6-9-12(11)16/h5-6,8-9,13H,2-4,7,10H2,1H3,(H,19,20)(H2,17,18,21)/t13-/m1/s1. The van der Waals surface area contributed by atoms with Crippen molar-refractivity contribution < 1.29 is 14.7 Å². The Morgan fingerprint density at radius 2 is 1.95 bits per heavy atom. The number of amides is 2. The normalized spacial score (nSPS) is 11.7. The summed E-state index contributed by atoms with van der Waals surface area (Å²) >= 11 is 5.97. The fraction of sp³-hybridized carbons (Fsp3) is 0.467. The molecule has 2 amide bonds. The van der Waals surface area contributed by atoms with Gasteiger partial charge in [-0.3, -0.25) is 0 Å². The molecule has 0 unspecified atom stereocenters. The van der Waals surface area contributed by atoms with Crippen molar-refractivity contribution in [3.8, 4) is 0 Å². The van der Waals surface area contributed by atoms with E-state index in [1.807, 2.05) is 0 Å². The summed E-state index contributed by atoms with van der Waals surface area (Å²) in [6, 6.07) is 4.91. The Bertz CT molecular complexity index is 480. The van der Waals surface area contributed by atoms with E-state index in [1.54, 1.807) is 24.3 Å². The number of carboxylic acids is 1. The van der Waals surface area contributed by atoms with Gasteiger partial charge in [0.2, 0.25) is 0 Å². The summed E-state index contributed by atoms with van der Waals surface area (Å²) in [5.74, 6) is -1.15. The second-order valence-electron chi connectivity index (χ2n) is 4.75. The molecule has 21 heavy (non-hydrogen) atoms. The number of rotatable bonds is 8. The second-order valence-corrected chi connectivity index (χ2v) is 5.16. The molecule has 0 bridgehead atoms. The van der Waals surface area contributed by atoms with Gasteiger partial charge in [0.25, 0.3) is 0 Å². The number of carboxylic acid groups (broad SMARTS) is 1. The number of aliphatic carboxylic acids is 1. The minimum Gasteiger partial charge on any atom is -0.479 e. The van der Waals surface area contributed by atoms with Crippen LogP contribution in [0.25, 0.3) is 0 Å². The number of hydrogen-bond acceptors (Lipinski definition) is 2. The van der Waals surface area contributed by atoms with Crippen molar-refractivity contribution in [1.82, 2.24) is 10.6 Å². The van der Waals surface area contributed by atoms with E-state index < -0.39 is 18.0 Å². The van der Waals surface area contributed by atoms with Gasteiger partial charge in [0.1, 0.15) is 0 Å². The van der Waals surface area contributed by atoms with Crippen LogP contribution in [0.3, 0.4) is 0 Å². The Balaban J connectivity index is 2.54. The molecule has 0 spiro atoms. The van der Waals surface area contributed by atoms with Crippen molar-refractivity contribution >= 4 is 23.6 Å². The van der Waals surface area contributed by atoms with Crippen LogP contribution in [0, 0.1) is 0 Å². The molecule has 0 saturated heterocycles. The number of urea groups is 1. The number of carbonyl (C=O) groups is 2. The summed E-state index contributed by atoms with van der Waals surface area (Å²) in [7, 11) is 0. The molecule has 1 aromatic carbocycles. The zero-order valence-corrected chi connectivity index (χ0v) is 12.8. The zero-order valence-electron chi connectivity index (χ0n) is 12.1. The minimum atomic E-state index is -1.16. The largest absolute Gasteiger partial charge is 0.479 e. The van der Waals surface area contributed by atoms with Crippen molar-refractivity contribution in [2.45, 2.75) is 38.6 Å². The van der Waals surface area contributed by atoms with Gasteiger partial charge in [0.05, 0.1) is 0 Å². The quantitative estimate of drug-likeness (QED) is 0.644. The lowest BCUT2D eigenvalue weighted by Crippen LogP contribution is -2.41. The van der Waals surface area contributed by atoms with E-state index in [4.69, 9.17) is 11.6 Å². The van der Waals surface area contributed by atoms with Gasteiger partial charge in [-0.25, -0.2) is 9.59 Å². The van der Waals surface area contributed by atoms with Crippen molar-refractivity contribution in [3.05, 3.63) is 34.9 Å². The van der Waals surface area contributed by atoms with Crippen molar-refractivity contribution in [3.63, 3.8) is 0 Å². The monoisotopic (exact) mass is 312 g/mol. The predicted octanol–water partition coefficient (Wildman–Crippen LogP) is 3.35. The van der Waals surface area contributed by atoms with Crippen LogP contribution in [0.15, 0.2) is 24.3 Å². The van der Waals surface area contributed by atoms with E-state index in [-0.39, 0.29) is 0 Å². The number of halogens is 1. The molecule has 0 saturated carbocycles. The number of unbranched alkanes of at least 4 members (excludes halogenated alkanes) is 3. The van der Waals surface area contributed by atoms with Crippen LogP contribution < -0.4 is 10.6 Å². The Labute approximate surface area is 129 Å². The highest BCUT2D eigenvalue weighted by Gasteiger charge is 2.23. The number of carbonyl (C=O) groups excluding carboxylic acids is 1. The summed E-state index contributed by atoms with van der Waals surface area (Å²) in [5.41, 5.74) is 0.368. The van der Waals surface area contributed by atoms with Gasteiger partial charge in [-0.2, -0.15) is 0 Å². The molecule has 6 heteroatoms. The topological polar surface area (TPSA) is 78.4 Å². The lowest BCUT2D eigenvalue weighted by atomic mass is 10.1. The molecule has 5 nitrogen and oxygen atoms in total. The zero-order chi connectivity index (χ0) is 15.7. The van der Waals surface area contributed by atoms with Crippen LogP contribution in [-0.4, -0.2) is 23.7 Å². The van der Waals surface area contributed by atoms with Crippen LogP contribution in [0.5, 0.6) is 0 Å². The van der Waals surface area contributed by atoms with Crippen LogP contribution in [0.4, 0.5) is 4.79 Å². The highest BCUT2D eigenvalue weighted by atomic mass is 35.5. The molecular weight excluding hydrogens is 292 g/mol. The maximum absolute atomic E-state index is 11.7. The van der Waals surface area contributed by atoms with Gasteiger partial charge in [0, 0.05) is 17.1 Å². The van der Waals surface area contributed by atoms with E-state index in [0.29, 0.717) is 17.1 Å². The molecule has 0 aliphatic rings. The average Bonchev–Trinajstić information content (AvgIpc) is 2.45. The summed E-state index contributed by atoms with van der Waals surface area (Å²) in [4.78, 5) is 23.0. The molecule has 1 rings (SSSR count). The molecule has 0 aliphatic carbocycles. The third-order valence-corrected chi connectivity index (χ3v) is 3.40. The van der Waals surface area contributed by atoms with Gasteiger partial charge >= 0.3 is 12.0 Å². The molecule has 0 fully saturated rings. The highest BCUT2D eigenvalue weighted by Crippen LogP contribution is 2.22. The Hall–Kier alpha value is -1.75. The van der Waals surface area contributed by atoms with Gasteiger partial charge in [-0.15, -0.1) is 0 Å². The molecule has 0 heterocycles. The Kier molecular flexibility index (Phi) is 7.61. The summed E-state index contributed by atoms with van der Waals surface area (Å²) < 4.78 is 0. The minimum absolute atomic E-state index is 0.313. The van der Waals surface area contributed by atoms with E-state index in [1.165, 1.54) is 0 Å². The average molecular weight is 313 g/mol. The molecule has 0 radical (unpaired) electrons.